The van der Waals surface area contributed by atoms with Crippen molar-refractivity contribution in [1.82, 2.24) is 24.1 Å². The predicted octanol–water partition coefficient (Wildman–Crippen LogP) is 13.7. The molecule has 0 saturated heterocycles. The van der Waals surface area contributed by atoms with E-state index in [4.69, 9.17) is 15.0 Å². The van der Waals surface area contributed by atoms with E-state index >= 15 is 0 Å². The summed E-state index contributed by atoms with van der Waals surface area (Å²) in [6, 6.07) is 60.8. The monoisotopic (exact) mass is 821 g/mol. The van der Waals surface area contributed by atoms with Crippen LogP contribution in [0.2, 0.25) is 0 Å². The zero-order chi connectivity index (χ0) is 43.6. The molecular formula is C57H39N7. The van der Waals surface area contributed by atoms with Gasteiger partial charge in [-0.3, -0.25) is 0 Å². The van der Waals surface area contributed by atoms with Gasteiger partial charge in [-0.25, -0.2) is 15.0 Å². The van der Waals surface area contributed by atoms with Crippen LogP contribution in [-0.2, 0) is 0 Å². The summed E-state index contributed by atoms with van der Waals surface area (Å²) < 4.78 is 4.58. The van der Waals surface area contributed by atoms with Crippen LogP contribution in [0.4, 0.5) is 0 Å². The van der Waals surface area contributed by atoms with Gasteiger partial charge in [0, 0.05) is 38.2 Å². The molecule has 7 nitrogen and oxygen atoms in total. The van der Waals surface area contributed by atoms with E-state index in [-0.39, 0.29) is 0 Å². The molecule has 0 atom stereocenters. The minimum absolute atomic E-state index is 0.440. The average molecular weight is 822 g/mol. The van der Waals surface area contributed by atoms with Crippen molar-refractivity contribution in [3.63, 3.8) is 0 Å². The van der Waals surface area contributed by atoms with Crippen LogP contribution >= 0.6 is 0 Å². The van der Waals surface area contributed by atoms with E-state index in [9.17, 15) is 10.5 Å². The smallest absolute Gasteiger partial charge is 0.166 e. The minimum Gasteiger partial charge on any atom is -0.308 e. The van der Waals surface area contributed by atoms with Gasteiger partial charge in [0.05, 0.1) is 56.7 Å². The fraction of sp³-hybridized carbons (Fsp3) is 0.0702. The average Bonchev–Trinajstić information content (AvgIpc) is 3.81. The van der Waals surface area contributed by atoms with Gasteiger partial charge in [0.1, 0.15) is 0 Å². The Bertz CT molecular complexity index is 3680. The largest absolute Gasteiger partial charge is 0.308 e. The molecule has 0 unspecified atom stereocenters. The second-order valence-corrected chi connectivity index (χ2v) is 16.7. The number of fused-ring (bicyclic) bond motifs is 6. The van der Waals surface area contributed by atoms with E-state index in [1.54, 1.807) is 0 Å². The molecule has 0 aliphatic heterocycles. The highest BCUT2D eigenvalue weighted by Gasteiger charge is 2.23. The third-order valence-electron chi connectivity index (χ3n) is 12.2. The lowest BCUT2D eigenvalue weighted by Gasteiger charge is -2.18. The van der Waals surface area contributed by atoms with Crippen molar-refractivity contribution in [2.24, 2.45) is 0 Å². The van der Waals surface area contributed by atoms with Gasteiger partial charge in [-0.15, -0.1) is 0 Å². The minimum atomic E-state index is 0.440. The first-order chi connectivity index (χ1) is 31.2. The normalized spacial score (nSPS) is 11.4. The molecule has 8 aromatic carbocycles. The summed E-state index contributed by atoms with van der Waals surface area (Å²) in [6.07, 6.45) is 0. The van der Waals surface area contributed by atoms with E-state index < -0.39 is 0 Å². The molecule has 302 valence electrons. The molecule has 0 radical (unpaired) electrons. The molecule has 0 saturated carbocycles. The van der Waals surface area contributed by atoms with E-state index in [1.807, 2.05) is 72.8 Å². The zero-order valence-corrected chi connectivity index (χ0v) is 35.7. The molecule has 0 fully saturated rings. The highest BCUT2D eigenvalue weighted by molar-refractivity contribution is 6.11. The number of hydrogen-bond acceptors (Lipinski definition) is 5. The first-order valence-electron chi connectivity index (χ1n) is 21.3. The van der Waals surface area contributed by atoms with Crippen molar-refractivity contribution >= 4 is 43.6 Å². The Hall–Kier alpha value is -8.65. The van der Waals surface area contributed by atoms with E-state index in [0.29, 0.717) is 34.2 Å². The number of aryl methyl sites for hydroxylation is 4. The Kier molecular flexibility index (Phi) is 9.01. The van der Waals surface area contributed by atoms with Gasteiger partial charge in [-0.1, -0.05) is 95.1 Å². The molecule has 11 rings (SSSR count). The fourth-order valence-electron chi connectivity index (χ4n) is 9.19. The van der Waals surface area contributed by atoms with E-state index in [1.165, 1.54) is 22.3 Å². The molecule has 0 spiro atoms. The van der Waals surface area contributed by atoms with Crippen LogP contribution in [0.5, 0.6) is 0 Å². The van der Waals surface area contributed by atoms with E-state index in [0.717, 1.165) is 77.2 Å². The number of aromatic nitrogens is 5. The van der Waals surface area contributed by atoms with E-state index in [2.05, 4.69) is 140 Å². The van der Waals surface area contributed by atoms with Gasteiger partial charge in [0.2, 0.25) is 0 Å². The van der Waals surface area contributed by atoms with Gasteiger partial charge in [0.25, 0.3) is 0 Å². The number of nitrogens with zero attached hydrogens (tertiary/aromatic N) is 7. The third kappa shape index (κ3) is 6.38. The molecule has 0 N–H and O–H groups in total. The lowest BCUT2D eigenvalue weighted by atomic mass is 9.99. The van der Waals surface area contributed by atoms with Crippen LogP contribution in [0, 0.1) is 50.4 Å². The molecule has 3 aromatic heterocycles. The van der Waals surface area contributed by atoms with Crippen molar-refractivity contribution < 1.29 is 0 Å². The first kappa shape index (κ1) is 38.3. The summed E-state index contributed by atoms with van der Waals surface area (Å²) in [5.74, 6) is 1.43. The molecule has 7 heteroatoms. The Morgan fingerprint density at radius 3 is 1.38 bits per heavy atom. The molecule has 0 amide bonds. The summed E-state index contributed by atoms with van der Waals surface area (Å²) in [7, 11) is 0. The second kappa shape index (κ2) is 15.1. The van der Waals surface area contributed by atoms with Gasteiger partial charge < -0.3 is 9.13 Å². The maximum Gasteiger partial charge on any atom is 0.166 e. The molecule has 64 heavy (non-hydrogen) atoms. The van der Waals surface area contributed by atoms with Crippen LogP contribution in [0.3, 0.4) is 0 Å². The number of benzene rings is 8. The summed E-state index contributed by atoms with van der Waals surface area (Å²) in [5, 5.41) is 24.8. The Balaban J connectivity index is 1.23. The van der Waals surface area contributed by atoms with Gasteiger partial charge >= 0.3 is 0 Å². The van der Waals surface area contributed by atoms with Gasteiger partial charge in [-0.05, 0) is 130 Å². The first-order valence-corrected chi connectivity index (χ1v) is 21.3. The highest BCUT2D eigenvalue weighted by Crippen LogP contribution is 2.41. The lowest BCUT2D eigenvalue weighted by molar-refractivity contribution is 1.06. The Labute approximate surface area is 370 Å². The van der Waals surface area contributed by atoms with Crippen LogP contribution < -0.4 is 0 Å². The Morgan fingerprint density at radius 2 is 0.828 bits per heavy atom. The van der Waals surface area contributed by atoms with Crippen LogP contribution in [-0.4, -0.2) is 24.1 Å². The Morgan fingerprint density at radius 1 is 0.359 bits per heavy atom. The predicted molar refractivity (Wildman–Crippen MR) is 259 cm³/mol. The SMILES string of the molecule is Cc1ccc2c(c1)c1cc(C)ccc1n2-c1ccc(C#N)cc1-c1nc(-c2ccccc2)nc(-c2ccc(-c3cccc(C#N)c3)cc2-n2c3ccc(C)cc3c3cc(C)ccc32)n1. The van der Waals surface area contributed by atoms with Crippen molar-refractivity contribution in [3.8, 4) is 68.8 Å². The number of nitriles is 2. The summed E-state index contributed by atoms with van der Waals surface area (Å²) in [6.45, 7) is 8.49. The fourth-order valence-corrected chi connectivity index (χ4v) is 9.19. The van der Waals surface area contributed by atoms with Crippen LogP contribution in [0.15, 0.2) is 164 Å². The summed E-state index contributed by atoms with van der Waals surface area (Å²) in [4.78, 5) is 16.0. The quantitative estimate of drug-likeness (QED) is 0.166. The lowest BCUT2D eigenvalue weighted by Crippen LogP contribution is -2.06. The molecular weight excluding hydrogens is 783 g/mol. The molecule has 0 bridgehead atoms. The molecule has 0 aliphatic carbocycles. The second-order valence-electron chi connectivity index (χ2n) is 16.7. The topological polar surface area (TPSA) is 96.1 Å². The number of hydrogen-bond donors (Lipinski definition) is 0. The standard InChI is InChI=1S/C57H39N7/c1-34-13-20-49-44(25-34)45-26-35(2)14-21-50(45)63(49)53-24-17-39(33-59)30-48(53)57-61-55(40-10-6-5-7-11-40)60-56(62-57)43-19-18-42(41-12-8-9-38(29-41)32-58)31-54(43)64-51-22-15-36(3)27-46(51)47-28-37(4)16-23-52(47)64/h5-31H,1-4H3. The summed E-state index contributed by atoms with van der Waals surface area (Å²) in [5.41, 5.74) is 15.9. The van der Waals surface area contributed by atoms with Crippen molar-refractivity contribution in [3.05, 3.63) is 197 Å². The maximum absolute atomic E-state index is 10.4. The summed E-state index contributed by atoms with van der Waals surface area (Å²) >= 11 is 0. The van der Waals surface area contributed by atoms with Crippen molar-refractivity contribution in [2.75, 3.05) is 0 Å². The molecule has 3 heterocycles. The van der Waals surface area contributed by atoms with Crippen molar-refractivity contribution in [1.29, 1.82) is 10.5 Å². The zero-order valence-electron chi connectivity index (χ0n) is 35.7. The molecule has 0 aliphatic rings. The third-order valence-corrected chi connectivity index (χ3v) is 12.2. The highest BCUT2D eigenvalue weighted by atomic mass is 15.1. The van der Waals surface area contributed by atoms with Crippen LogP contribution in [0.1, 0.15) is 33.4 Å². The van der Waals surface area contributed by atoms with Gasteiger partial charge in [-0.2, -0.15) is 10.5 Å². The van der Waals surface area contributed by atoms with Gasteiger partial charge in [0.15, 0.2) is 17.5 Å². The maximum atomic E-state index is 10.4. The molecule has 11 aromatic rings. The van der Waals surface area contributed by atoms with Crippen molar-refractivity contribution in [2.45, 2.75) is 27.7 Å². The number of rotatable bonds is 6. The van der Waals surface area contributed by atoms with Crippen LogP contribution in [0.25, 0.3) is 100 Å².